The molecule has 0 aliphatic heterocycles. The van der Waals surface area contributed by atoms with Crippen LogP contribution in [0.2, 0.25) is 0 Å². The van der Waals surface area contributed by atoms with Crippen LogP contribution in [0.5, 0.6) is 0 Å². The van der Waals surface area contributed by atoms with Crippen LogP contribution in [0.1, 0.15) is 11.1 Å². The van der Waals surface area contributed by atoms with Gasteiger partial charge in [-0.2, -0.15) is 0 Å². The van der Waals surface area contributed by atoms with Gasteiger partial charge in [0.05, 0.1) is 0 Å². The molecule has 2 amide bonds. The summed E-state index contributed by atoms with van der Waals surface area (Å²) in [4.78, 5) is 11.7. The molecular weight excluding hydrogens is 243 g/mol. The van der Waals surface area contributed by atoms with Crippen molar-refractivity contribution >= 4 is 11.7 Å². The van der Waals surface area contributed by atoms with E-state index in [0.29, 0.717) is 0 Å². The highest BCUT2D eigenvalue weighted by Crippen LogP contribution is 2.12. The topological polar surface area (TPSA) is 41.1 Å². The number of anilines is 1. The van der Waals surface area contributed by atoms with Crippen molar-refractivity contribution in [3.05, 3.63) is 65.5 Å². The quantitative estimate of drug-likeness (QED) is 0.869. The van der Waals surface area contributed by atoms with Crippen molar-refractivity contribution in [1.29, 1.82) is 0 Å². The van der Waals surface area contributed by atoms with E-state index >= 15 is 0 Å². The number of hydrogen-bond acceptors (Lipinski definition) is 1. The van der Waals surface area contributed by atoms with E-state index in [0.717, 1.165) is 16.8 Å². The van der Waals surface area contributed by atoms with E-state index < -0.39 is 0 Å². The van der Waals surface area contributed by atoms with Crippen LogP contribution in [-0.2, 0) is 6.54 Å². The molecule has 2 N–H and O–H groups in total. The zero-order chi connectivity index (χ0) is 13.7. The average molecular weight is 258 g/mol. The molecule has 0 heterocycles. The standard InChI is InChI=1S/C15H15FN2O/c1-11-5-2-3-8-14(11)18-15(19)17-10-12-6-4-7-13(16)9-12/h2-9H,10H2,1H3,(H2,17,18,19). The van der Waals surface area contributed by atoms with Crippen molar-refractivity contribution in [3.63, 3.8) is 0 Å². The number of carbonyl (C=O) groups excluding carboxylic acids is 1. The third-order valence-electron chi connectivity index (χ3n) is 2.74. The van der Waals surface area contributed by atoms with E-state index in [4.69, 9.17) is 0 Å². The van der Waals surface area contributed by atoms with Gasteiger partial charge in [-0.1, -0.05) is 30.3 Å². The average Bonchev–Trinajstić information content (AvgIpc) is 2.39. The molecule has 2 aromatic carbocycles. The molecule has 0 unspecified atom stereocenters. The molecule has 4 heteroatoms. The Bertz CT molecular complexity index is 584. The van der Waals surface area contributed by atoms with E-state index in [1.165, 1.54) is 12.1 Å². The van der Waals surface area contributed by atoms with Crippen molar-refractivity contribution in [2.24, 2.45) is 0 Å². The van der Waals surface area contributed by atoms with Crippen LogP contribution < -0.4 is 10.6 Å². The Hall–Kier alpha value is -2.36. The summed E-state index contributed by atoms with van der Waals surface area (Å²) in [6.07, 6.45) is 0. The number of aryl methyl sites for hydroxylation is 1. The van der Waals surface area contributed by atoms with Gasteiger partial charge in [0.1, 0.15) is 5.82 Å². The Morgan fingerprint density at radius 3 is 2.68 bits per heavy atom. The molecule has 0 bridgehead atoms. The number of benzene rings is 2. The van der Waals surface area contributed by atoms with Gasteiger partial charge in [-0.3, -0.25) is 0 Å². The van der Waals surface area contributed by atoms with Gasteiger partial charge in [-0.05, 0) is 36.2 Å². The van der Waals surface area contributed by atoms with Crippen LogP contribution in [0.3, 0.4) is 0 Å². The third kappa shape index (κ3) is 3.81. The first-order valence-electron chi connectivity index (χ1n) is 6.00. The molecule has 98 valence electrons. The summed E-state index contributed by atoms with van der Waals surface area (Å²) in [7, 11) is 0. The van der Waals surface area contributed by atoms with Crippen LogP contribution in [0, 0.1) is 12.7 Å². The smallest absolute Gasteiger partial charge is 0.319 e. The lowest BCUT2D eigenvalue weighted by molar-refractivity contribution is 0.251. The largest absolute Gasteiger partial charge is 0.334 e. The van der Waals surface area contributed by atoms with Gasteiger partial charge < -0.3 is 10.6 Å². The lowest BCUT2D eigenvalue weighted by Crippen LogP contribution is -2.28. The van der Waals surface area contributed by atoms with E-state index in [-0.39, 0.29) is 18.4 Å². The number of amides is 2. The summed E-state index contributed by atoms with van der Waals surface area (Å²) < 4.78 is 13.0. The molecule has 2 rings (SSSR count). The molecule has 0 saturated heterocycles. The van der Waals surface area contributed by atoms with Gasteiger partial charge >= 0.3 is 6.03 Å². The van der Waals surface area contributed by atoms with Gasteiger partial charge in [0.2, 0.25) is 0 Å². The van der Waals surface area contributed by atoms with Crippen molar-refractivity contribution in [1.82, 2.24) is 5.32 Å². The number of rotatable bonds is 3. The minimum Gasteiger partial charge on any atom is -0.334 e. The molecule has 19 heavy (non-hydrogen) atoms. The van der Waals surface area contributed by atoms with E-state index in [9.17, 15) is 9.18 Å². The summed E-state index contributed by atoms with van der Waals surface area (Å²) in [6, 6.07) is 13.4. The lowest BCUT2D eigenvalue weighted by atomic mass is 10.2. The highest BCUT2D eigenvalue weighted by Gasteiger charge is 2.03. The van der Waals surface area contributed by atoms with Crippen LogP contribution in [-0.4, -0.2) is 6.03 Å². The molecule has 0 aliphatic rings. The Kier molecular flexibility index (Phi) is 4.13. The maximum Gasteiger partial charge on any atom is 0.319 e. The summed E-state index contributed by atoms with van der Waals surface area (Å²) in [5.74, 6) is -0.307. The molecular formula is C15H15FN2O. The molecule has 0 spiro atoms. The fraction of sp³-hybridized carbons (Fsp3) is 0.133. The van der Waals surface area contributed by atoms with Crippen LogP contribution >= 0.6 is 0 Å². The van der Waals surface area contributed by atoms with Crippen molar-refractivity contribution in [2.45, 2.75) is 13.5 Å². The predicted molar refractivity (Wildman–Crippen MR) is 73.4 cm³/mol. The molecule has 0 aromatic heterocycles. The minimum atomic E-state index is -0.307. The zero-order valence-corrected chi connectivity index (χ0v) is 10.6. The molecule has 0 radical (unpaired) electrons. The summed E-state index contributed by atoms with van der Waals surface area (Å²) in [6.45, 7) is 2.21. The van der Waals surface area contributed by atoms with Gasteiger partial charge in [0.15, 0.2) is 0 Å². The molecule has 0 fully saturated rings. The van der Waals surface area contributed by atoms with E-state index in [2.05, 4.69) is 10.6 Å². The Labute approximate surface area is 111 Å². The molecule has 0 atom stereocenters. The molecule has 0 saturated carbocycles. The molecule has 2 aromatic rings. The first kappa shape index (κ1) is 13.1. The maximum absolute atomic E-state index is 13.0. The second-order valence-corrected chi connectivity index (χ2v) is 4.25. The van der Waals surface area contributed by atoms with Gasteiger partial charge in [0, 0.05) is 12.2 Å². The fourth-order valence-electron chi connectivity index (χ4n) is 1.71. The van der Waals surface area contributed by atoms with Crippen LogP contribution in [0.25, 0.3) is 0 Å². The molecule has 3 nitrogen and oxygen atoms in total. The summed E-state index contributed by atoms with van der Waals surface area (Å²) in [5.41, 5.74) is 2.47. The Morgan fingerprint density at radius 2 is 1.95 bits per heavy atom. The SMILES string of the molecule is Cc1ccccc1NC(=O)NCc1cccc(F)c1. The van der Waals surface area contributed by atoms with Crippen molar-refractivity contribution in [3.8, 4) is 0 Å². The highest BCUT2D eigenvalue weighted by atomic mass is 19.1. The fourth-order valence-corrected chi connectivity index (χ4v) is 1.71. The van der Waals surface area contributed by atoms with Crippen LogP contribution in [0.15, 0.2) is 48.5 Å². The Morgan fingerprint density at radius 1 is 1.16 bits per heavy atom. The van der Waals surface area contributed by atoms with Gasteiger partial charge in [0.25, 0.3) is 0 Å². The van der Waals surface area contributed by atoms with Crippen LogP contribution in [0.4, 0.5) is 14.9 Å². The number of carbonyl (C=O) groups is 1. The zero-order valence-electron chi connectivity index (χ0n) is 10.6. The van der Waals surface area contributed by atoms with Crippen molar-refractivity contribution < 1.29 is 9.18 Å². The van der Waals surface area contributed by atoms with Crippen molar-refractivity contribution in [2.75, 3.05) is 5.32 Å². The number of urea groups is 1. The molecule has 0 aliphatic carbocycles. The maximum atomic E-state index is 13.0. The third-order valence-corrected chi connectivity index (χ3v) is 2.74. The highest BCUT2D eigenvalue weighted by molar-refractivity contribution is 5.89. The number of halogens is 1. The van der Waals surface area contributed by atoms with E-state index in [1.54, 1.807) is 12.1 Å². The summed E-state index contributed by atoms with van der Waals surface area (Å²) in [5, 5.41) is 5.44. The summed E-state index contributed by atoms with van der Waals surface area (Å²) >= 11 is 0. The normalized spacial score (nSPS) is 10.0. The predicted octanol–water partition coefficient (Wildman–Crippen LogP) is 3.46. The van der Waals surface area contributed by atoms with Gasteiger partial charge in [-0.15, -0.1) is 0 Å². The number of hydrogen-bond donors (Lipinski definition) is 2. The first-order chi connectivity index (χ1) is 9.15. The van der Waals surface area contributed by atoms with E-state index in [1.807, 2.05) is 31.2 Å². The number of para-hydroxylation sites is 1. The Balaban J connectivity index is 1.90. The van der Waals surface area contributed by atoms with Gasteiger partial charge in [-0.25, -0.2) is 9.18 Å². The lowest BCUT2D eigenvalue weighted by Gasteiger charge is -2.09. The number of nitrogens with one attached hydrogen (secondary N) is 2. The monoisotopic (exact) mass is 258 g/mol. The first-order valence-corrected chi connectivity index (χ1v) is 6.00. The second kappa shape index (κ2) is 6.00. The minimum absolute atomic E-state index is 0.287. The second-order valence-electron chi connectivity index (χ2n) is 4.25.